The third kappa shape index (κ3) is 11.4. The molecule has 1 fully saturated rings. The summed E-state index contributed by atoms with van der Waals surface area (Å²) in [4.78, 5) is 92.7. The number of aromatic nitrogens is 1. The number of hydrogen-bond donors (Lipinski definition) is 6. The smallest absolute Gasteiger partial charge is 0.244 e. The Balaban J connectivity index is 1.73. The second-order valence-electron chi connectivity index (χ2n) is 17.3. The van der Waals surface area contributed by atoms with Crippen molar-refractivity contribution in [1.82, 2.24) is 36.5 Å². The lowest BCUT2D eigenvalue weighted by Crippen LogP contribution is -2.64. The van der Waals surface area contributed by atoms with Gasteiger partial charge < -0.3 is 37.2 Å². The molecule has 2 aliphatic heterocycles. The van der Waals surface area contributed by atoms with Crippen LogP contribution in [0.5, 0.6) is 0 Å². The molecule has 0 spiro atoms. The normalized spacial score (nSPS) is 22.6. The van der Waals surface area contributed by atoms with Crippen molar-refractivity contribution in [3.8, 4) is 0 Å². The molecule has 2 aromatic rings. The molecule has 0 unspecified atom stereocenters. The molecule has 15 nitrogen and oxygen atoms in total. The van der Waals surface area contributed by atoms with Crippen molar-refractivity contribution < 1.29 is 28.8 Å². The van der Waals surface area contributed by atoms with Crippen LogP contribution in [0, 0.1) is 22.7 Å². The fourth-order valence-corrected chi connectivity index (χ4v) is 7.70. The Hall–Kier alpha value is -4.86. The second-order valence-corrected chi connectivity index (χ2v) is 18.3. The van der Waals surface area contributed by atoms with E-state index in [9.17, 15) is 28.8 Å². The number of aliphatic imine (C=N–C) groups is 1. The lowest BCUT2D eigenvalue weighted by atomic mass is 9.82. The number of fused-ring (bicyclic) bond motifs is 1. The van der Waals surface area contributed by atoms with Crippen LogP contribution in [0.1, 0.15) is 91.8 Å². The van der Waals surface area contributed by atoms with E-state index in [0.29, 0.717) is 18.0 Å². The topological polar surface area (TPSA) is 217 Å². The molecule has 0 bridgehead atoms. The van der Waals surface area contributed by atoms with E-state index in [1.54, 1.807) is 11.6 Å². The minimum atomic E-state index is -1.09. The lowest BCUT2D eigenvalue weighted by Gasteiger charge is -2.39. The van der Waals surface area contributed by atoms with Gasteiger partial charge in [0, 0.05) is 24.5 Å². The fourth-order valence-electron chi connectivity index (χ4n) is 7.01. The summed E-state index contributed by atoms with van der Waals surface area (Å²) in [6.07, 6.45) is 2.13. The zero-order valence-electron chi connectivity index (χ0n) is 34.0. The Morgan fingerprint density at radius 1 is 0.982 bits per heavy atom. The molecule has 3 heterocycles. The third-order valence-electron chi connectivity index (χ3n) is 10.2. The van der Waals surface area contributed by atoms with Gasteiger partial charge in [0.1, 0.15) is 41.6 Å². The maximum atomic E-state index is 14.6. The molecular weight excluding hydrogens is 735 g/mol. The van der Waals surface area contributed by atoms with E-state index < -0.39 is 70.7 Å². The number of amides is 6. The van der Waals surface area contributed by atoms with Crippen LogP contribution < -0.4 is 32.3 Å². The summed E-state index contributed by atoms with van der Waals surface area (Å²) in [7, 11) is 0. The van der Waals surface area contributed by atoms with Crippen molar-refractivity contribution in [3.63, 3.8) is 0 Å². The van der Waals surface area contributed by atoms with Crippen LogP contribution in [-0.2, 0) is 35.2 Å². The van der Waals surface area contributed by atoms with Crippen molar-refractivity contribution in [2.24, 2.45) is 33.4 Å². The number of benzene rings is 1. The van der Waals surface area contributed by atoms with Crippen LogP contribution in [0.4, 0.5) is 0 Å². The van der Waals surface area contributed by atoms with Gasteiger partial charge in [0.2, 0.25) is 35.4 Å². The molecule has 1 aromatic heterocycles. The van der Waals surface area contributed by atoms with Crippen LogP contribution in [0.3, 0.4) is 0 Å². The monoisotopic (exact) mass is 793 g/mol. The first-order chi connectivity index (χ1) is 26.2. The minimum absolute atomic E-state index is 0.121. The van der Waals surface area contributed by atoms with Crippen LogP contribution in [0.2, 0.25) is 0 Å². The van der Waals surface area contributed by atoms with Crippen molar-refractivity contribution in [1.29, 1.82) is 0 Å². The van der Waals surface area contributed by atoms with Crippen molar-refractivity contribution >= 4 is 52.6 Å². The third-order valence-corrected chi connectivity index (χ3v) is 11.0. The molecule has 2 aliphatic rings. The van der Waals surface area contributed by atoms with E-state index >= 15 is 0 Å². The minimum Gasteiger partial charge on any atom is -0.370 e. The van der Waals surface area contributed by atoms with Gasteiger partial charge in [-0.2, -0.15) is 0 Å². The maximum absolute atomic E-state index is 14.6. The van der Waals surface area contributed by atoms with Gasteiger partial charge in [-0.1, -0.05) is 92.6 Å². The highest BCUT2D eigenvalue weighted by Crippen LogP contribution is 2.28. The zero-order valence-corrected chi connectivity index (χ0v) is 34.8. The van der Waals surface area contributed by atoms with E-state index in [-0.39, 0.29) is 48.9 Å². The zero-order chi connectivity index (χ0) is 41.5. The number of amidine groups is 1. The van der Waals surface area contributed by atoms with E-state index in [2.05, 4.69) is 31.6 Å². The van der Waals surface area contributed by atoms with Gasteiger partial charge in [0.15, 0.2) is 0 Å². The van der Waals surface area contributed by atoms with Crippen LogP contribution in [-0.4, -0.2) is 94.5 Å². The van der Waals surface area contributed by atoms with Crippen molar-refractivity contribution in [2.75, 3.05) is 13.1 Å². The van der Waals surface area contributed by atoms with Crippen molar-refractivity contribution in [3.05, 3.63) is 52.5 Å². The molecule has 4 rings (SSSR count). The lowest BCUT2D eigenvalue weighted by molar-refractivity contribution is -0.140. The quantitative estimate of drug-likeness (QED) is 0.198. The van der Waals surface area contributed by atoms with E-state index in [4.69, 9.17) is 10.7 Å². The van der Waals surface area contributed by atoms with Gasteiger partial charge in [-0.25, -0.2) is 4.98 Å². The van der Waals surface area contributed by atoms with Crippen LogP contribution in [0.25, 0.3) is 0 Å². The summed E-state index contributed by atoms with van der Waals surface area (Å²) < 4.78 is 0. The number of rotatable bonds is 11. The number of primary amides is 1. The molecule has 6 amide bonds. The highest BCUT2D eigenvalue weighted by atomic mass is 32.1. The summed E-state index contributed by atoms with van der Waals surface area (Å²) >= 11 is 1.27. The average Bonchev–Trinajstić information content (AvgIpc) is 3.78. The summed E-state index contributed by atoms with van der Waals surface area (Å²) in [6.45, 7) is 16.9. The Bertz CT molecular complexity index is 1750. The number of nitrogens with zero attached hydrogens (tertiary/aromatic N) is 3. The first-order valence-electron chi connectivity index (χ1n) is 19.2. The van der Waals surface area contributed by atoms with E-state index in [1.165, 1.54) is 16.2 Å². The summed E-state index contributed by atoms with van der Waals surface area (Å²) in [6, 6.07) is 3.81. The number of carbonyl (C=O) groups excluding carboxylic acids is 6. The highest BCUT2D eigenvalue weighted by molar-refractivity contribution is 7.09. The second kappa shape index (κ2) is 18.4. The number of nitrogens with one attached hydrogen (secondary N) is 5. The molecule has 306 valence electrons. The molecule has 16 heteroatoms. The summed E-state index contributed by atoms with van der Waals surface area (Å²) in [5.74, 6) is -3.04. The number of nitrogens with two attached hydrogens (primary N) is 1. The largest absolute Gasteiger partial charge is 0.370 e. The molecule has 7 N–H and O–H groups in total. The number of carbonyl (C=O) groups is 6. The van der Waals surface area contributed by atoms with Crippen molar-refractivity contribution in [2.45, 2.75) is 118 Å². The van der Waals surface area contributed by atoms with Crippen LogP contribution >= 0.6 is 11.3 Å². The van der Waals surface area contributed by atoms with Gasteiger partial charge in [0.25, 0.3) is 0 Å². The predicted octanol–water partition coefficient (Wildman–Crippen LogP) is 2.23. The average molecular weight is 794 g/mol. The molecule has 0 radical (unpaired) electrons. The summed E-state index contributed by atoms with van der Waals surface area (Å²) in [5, 5.41) is 17.4. The van der Waals surface area contributed by atoms with Gasteiger partial charge in [-0.05, 0) is 34.7 Å². The van der Waals surface area contributed by atoms with Gasteiger partial charge >= 0.3 is 0 Å². The Morgan fingerprint density at radius 2 is 1.66 bits per heavy atom. The number of thiazole rings is 1. The highest BCUT2D eigenvalue weighted by Gasteiger charge is 2.44. The maximum Gasteiger partial charge on any atom is 0.244 e. The van der Waals surface area contributed by atoms with E-state index in [1.807, 2.05) is 92.6 Å². The standard InChI is InChI=1S/C40H59N9O6S/c1-22(2)29-35(53)48-31(39(4,5)6)33(43-21-28(51)49-17-15-23(3)30(49)36(54)46-29)47-32(40(7,8)9)37(55)44-25(19-24-13-11-10-12-14-24)34(52)45-26(20-27(41)50)38-42-16-18-56-38/h10-14,16,18,22-23,25-26,29-32H,15,17,19-21H2,1-9H3,(H2,41,50)(H,43,47)(H,44,55)(H,45,52)(H,46,54)(H,48,53)/t23-,25+,26+,29+,30+,31-,32-/m1/s1. The van der Waals surface area contributed by atoms with E-state index in [0.717, 1.165) is 5.56 Å². The molecule has 1 saturated heterocycles. The molecule has 0 aliphatic carbocycles. The fraction of sp³-hybridized carbons (Fsp3) is 0.600. The Kier molecular flexibility index (Phi) is 14.4. The SMILES string of the molecule is CC(C)[C@@H]1NC(=O)[C@@H]2[C@H](C)CCN2C(=O)CN=C(N[C@H](C(=O)N[C@@H](Cc2ccccc2)C(=O)N[C@@H](CC(N)=O)c2nccs2)C(C)(C)C)[C@H](C(C)(C)C)NC1=O. The molecule has 0 saturated carbocycles. The number of hydrogen-bond acceptors (Lipinski definition) is 10. The Morgan fingerprint density at radius 3 is 2.23 bits per heavy atom. The van der Waals surface area contributed by atoms with Gasteiger partial charge in [0.05, 0.1) is 18.5 Å². The predicted molar refractivity (Wildman–Crippen MR) is 215 cm³/mol. The first kappa shape index (κ1) is 43.9. The Labute approximate surface area is 333 Å². The molecule has 56 heavy (non-hydrogen) atoms. The molecule has 7 atom stereocenters. The van der Waals surface area contributed by atoms with Gasteiger partial charge in [-0.15, -0.1) is 11.3 Å². The molecular formula is C40H59N9O6S. The van der Waals surface area contributed by atoms with Crippen LogP contribution in [0.15, 0.2) is 46.9 Å². The van der Waals surface area contributed by atoms with Gasteiger partial charge in [-0.3, -0.25) is 33.8 Å². The molecule has 1 aromatic carbocycles. The summed E-state index contributed by atoms with van der Waals surface area (Å²) in [5.41, 5.74) is 4.84. The first-order valence-corrected chi connectivity index (χ1v) is 20.1.